The summed E-state index contributed by atoms with van der Waals surface area (Å²) >= 11 is 10.8. The number of carboxylic acids is 1. The summed E-state index contributed by atoms with van der Waals surface area (Å²) in [6.45, 7) is 3.67. The summed E-state index contributed by atoms with van der Waals surface area (Å²) in [6.07, 6.45) is 4.54. The molecule has 0 unspecified atom stereocenters. The Kier molecular flexibility index (Phi) is 7.21. The number of ether oxygens (including phenoxy) is 1. The molecular weight excluding hydrogens is 572 g/mol. The quantitative estimate of drug-likeness (QED) is 0.341. The number of anilines is 1. The van der Waals surface area contributed by atoms with Crippen molar-refractivity contribution in [3.05, 3.63) is 32.1 Å². The van der Waals surface area contributed by atoms with Gasteiger partial charge in [0.1, 0.15) is 16.9 Å². The lowest BCUT2D eigenvalue weighted by Crippen LogP contribution is -2.45. The van der Waals surface area contributed by atoms with Crippen LogP contribution in [0.2, 0.25) is 5.02 Å². The second kappa shape index (κ2) is 10.2. The molecule has 3 aromatic rings. The molecule has 4 heterocycles. The number of thiazole rings is 1. The number of hydrogen-bond acceptors (Lipinski definition) is 8. The summed E-state index contributed by atoms with van der Waals surface area (Å²) in [5, 5.41) is 15.3. The predicted molar refractivity (Wildman–Crippen MR) is 139 cm³/mol. The van der Waals surface area contributed by atoms with E-state index in [0.29, 0.717) is 70.2 Å². The molecule has 1 aliphatic carbocycles. The van der Waals surface area contributed by atoms with E-state index in [1.54, 1.807) is 11.8 Å². The average molecular weight is 598 g/mol. The summed E-state index contributed by atoms with van der Waals surface area (Å²) in [7, 11) is 1.63. The topological polar surface area (TPSA) is 126 Å². The summed E-state index contributed by atoms with van der Waals surface area (Å²) in [5.41, 5.74) is 1.56. The number of carbonyl (C=O) groups excluding carboxylic acids is 1. The van der Waals surface area contributed by atoms with E-state index < -0.39 is 5.97 Å². The van der Waals surface area contributed by atoms with Crippen molar-refractivity contribution in [3.63, 3.8) is 0 Å². The molecule has 5 rings (SSSR count). The number of ketones is 1. The smallest absolute Gasteiger partial charge is 0.348 e. The zero-order chi connectivity index (χ0) is 25.6. The molecule has 36 heavy (non-hydrogen) atoms. The minimum Gasteiger partial charge on any atom is -0.477 e. The zero-order valence-electron chi connectivity index (χ0n) is 19.8. The maximum Gasteiger partial charge on any atom is 0.348 e. The highest BCUT2D eigenvalue weighted by Gasteiger charge is 2.35. The van der Waals surface area contributed by atoms with Crippen molar-refractivity contribution in [3.8, 4) is 11.5 Å². The van der Waals surface area contributed by atoms with Crippen molar-refractivity contribution in [2.75, 3.05) is 25.1 Å². The highest BCUT2D eigenvalue weighted by Crippen LogP contribution is 2.37. The van der Waals surface area contributed by atoms with Gasteiger partial charge in [-0.15, -0.1) is 0 Å². The number of methoxy groups -OCH3 is 1. The van der Waals surface area contributed by atoms with Gasteiger partial charge in [-0.25, -0.2) is 19.4 Å². The number of nitrogens with one attached hydrogen (secondary N) is 1. The second-order valence-corrected chi connectivity index (χ2v) is 11.5. The summed E-state index contributed by atoms with van der Waals surface area (Å²) in [6, 6.07) is 0. The van der Waals surface area contributed by atoms with E-state index in [-0.39, 0.29) is 22.7 Å². The highest BCUT2D eigenvalue weighted by atomic mass is 79.9. The summed E-state index contributed by atoms with van der Waals surface area (Å²) < 4.78 is 8.11. The number of carbonyl (C=O) groups is 2. The van der Waals surface area contributed by atoms with Gasteiger partial charge in [0.05, 0.1) is 21.3 Å². The van der Waals surface area contributed by atoms with Gasteiger partial charge in [-0.05, 0) is 54.0 Å². The number of nitrogens with zero attached hydrogens (tertiary/aromatic N) is 5. The molecule has 2 N–H and O–H groups in total. The van der Waals surface area contributed by atoms with Crippen LogP contribution < -0.4 is 4.90 Å². The third-order valence-electron chi connectivity index (χ3n) is 6.82. The minimum absolute atomic E-state index is 0.00745. The van der Waals surface area contributed by atoms with E-state index in [1.807, 2.05) is 11.8 Å². The van der Waals surface area contributed by atoms with E-state index in [4.69, 9.17) is 21.3 Å². The third-order valence-corrected chi connectivity index (χ3v) is 9.41. The van der Waals surface area contributed by atoms with Gasteiger partial charge in [0.25, 0.3) is 0 Å². The standard InChI is InChI=1S/C23H26BrClN6O4S/c1-11-17(25)16(24)18(28-11)14(32)7-13-5-6-30(9-15(13)35-2)23-29-19(20(36-23)22(33)34)21-26-10-27-31(21)8-12-3-4-12/h10,12-13,15,28H,3-9H2,1-2H3,(H,33,34)/t13-,15-/m0/s1. The van der Waals surface area contributed by atoms with E-state index >= 15 is 0 Å². The first-order valence-electron chi connectivity index (χ1n) is 11.7. The SMILES string of the molecule is CO[C@H]1CN(c2nc(-c3ncnn3CC3CC3)c(C(=O)O)s2)CC[C@H]1CC(=O)c1[nH]c(C)c(Cl)c1Br. The number of aromatic carboxylic acids is 1. The van der Waals surface area contributed by atoms with Gasteiger partial charge >= 0.3 is 5.97 Å². The first-order valence-corrected chi connectivity index (χ1v) is 13.7. The second-order valence-electron chi connectivity index (χ2n) is 9.34. The molecule has 13 heteroatoms. The number of halogens is 2. The summed E-state index contributed by atoms with van der Waals surface area (Å²) in [4.78, 5) is 39.3. The van der Waals surface area contributed by atoms with Gasteiger partial charge in [0.15, 0.2) is 16.7 Å². The fourth-order valence-corrected chi connectivity index (χ4v) is 6.30. The Morgan fingerprint density at radius 1 is 1.36 bits per heavy atom. The minimum atomic E-state index is -1.04. The van der Waals surface area contributed by atoms with E-state index in [9.17, 15) is 14.7 Å². The normalized spacial score (nSPS) is 20.2. The number of aromatic amines is 1. The molecule has 0 spiro atoms. The largest absolute Gasteiger partial charge is 0.477 e. The van der Waals surface area contributed by atoms with Gasteiger partial charge in [-0.2, -0.15) is 5.10 Å². The molecule has 2 fully saturated rings. The molecule has 2 atom stereocenters. The van der Waals surface area contributed by atoms with E-state index in [0.717, 1.165) is 29.9 Å². The van der Waals surface area contributed by atoms with Crippen LogP contribution in [0.5, 0.6) is 0 Å². The Labute approximate surface area is 225 Å². The van der Waals surface area contributed by atoms with Crippen molar-refractivity contribution >= 4 is 55.8 Å². The highest BCUT2D eigenvalue weighted by molar-refractivity contribution is 9.10. The number of piperidine rings is 1. The fraction of sp³-hybridized carbons (Fsp3) is 0.522. The fourth-order valence-electron chi connectivity index (χ4n) is 4.61. The van der Waals surface area contributed by atoms with Crippen molar-refractivity contribution in [2.24, 2.45) is 11.8 Å². The van der Waals surface area contributed by atoms with Crippen LogP contribution in [0.25, 0.3) is 11.5 Å². The van der Waals surface area contributed by atoms with Gasteiger partial charge in [-0.3, -0.25) is 4.79 Å². The lowest BCUT2D eigenvalue weighted by Gasteiger charge is -2.37. The van der Waals surface area contributed by atoms with Gasteiger partial charge in [0.2, 0.25) is 0 Å². The first kappa shape index (κ1) is 25.4. The first-order chi connectivity index (χ1) is 17.3. The van der Waals surface area contributed by atoms with Crippen molar-refractivity contribution in [1.29, 1.82) is 0 Å². The van der Waals surface area contributed by atoms with E-state index in [2.05, 4.69) is 31.0 Å². The zero-order valence-corrected chi connectivity index (χ0v) is 23.0. The molecule has 0 aromatic carbocycles. The van der Waals surface area contributed by atoms with Gasteiger partial charge < -0.3 is 19.7 Å². The monoisotopic (exact) mass is 596 g/mol. The number of Topliss-reactive ketones (excluding diaryl/α,β-unsaturated/α-hetero) is 1. The Hall–Kier alpha value is -2.28. The van der Waals surface area contributed by atoms with Crippen LogP contribution in [0.15, 0.2) is 10.8 Å². The molecule has 3 aromatic heterocycles. The molecule has 192 valence electrons. The van der Waals surface area contributed by atoms with Crippen LogP contribution in [0.3, 0.4) is 0 Å². The van der Waals surface area contributed by atoms with Crippen LogP contribution in [0.4, 0.5) is 5.13 Å². The molecule has 1 aliphatic heterocycles. The maximum absolute atomic E-state index is 13.0. The van der Waals surface area contributed by atoms with Gasteiger partial charge in [-0.1, -0.05) is 22.9 Å². The van der Waals surface area contributed by atoms with E-state index in [1.165, 1.54) is 6.33 Å². The Morgan fingerprint density at radius 3 is 2.78 bits per heavy atom. The molecule has 0 radical (unpaired) electrons. The van der Waals surface area contributed by atoms with Crippen LogP contribution >= 0.6 is 38.9 Å². The molecule has 1 saturated carbocycles. The number of H-pyrrole nitrogens is 1. The number of hydrogen-bond donors (Lipinski definition) is 2. The molecule has 1 saturated heterocycles. The summed E-state index contributed by atoms with van der Waals surface area (Å²) in [5.74, 6) is -0.0160. The van der Waals surface area contributed by atoms with Crippen LogP contribution in [0.1, 0.15) is 51.5 Å². The number of rotatable bonds is 9. The lowest BCUT2D eigenvalue weighted by molar-refractivity contribution is 0.0374. The van der Waals surface area contributed by atoms with Crippen LogP contribution in [0, 0.1) is 18.8 Å². The van der Waals surface area contributed by atoms with Crippen LogP contribution in [-0.2, 0) is 11.3 Å². The third kappa shape index (κ3) is 4.96. The number of aryl methyl sites for hydroxylation is 1. The maximum atomic E-state index is 13.0. The van der Waals surface area contributed by atoms with Crippen molar-refractivity contribution in [1.82, 2.24) is 24.7 Å². The lowest BCUT2D eigenvalue weighted by atomic mass is 9.88. The Morgan fingerprint density at radius 2 is 2.14 bits per heavy atom. The van der Waals surface area contributed by atoms with Gasteiger partial charge in [0, 0.05) is 38.9 Å². The number of aromatic nitrogens is 5. The molecular formula is C23H26BrClN6O4S. The molecule has 0 amide bonds. The van der Waals surface area contributed by atoms with Crippen molar-refractivity contribution in [2.45, 2.75) is 45.3 Å². The van der Waals surface area contributed by atoms with Crippen molar-refractivity contribution < 1.29 is 19.4 Å². The molecule has 0 bridgehead atoms. The Balaban J connectivity index is 1.33. The molecule has 10 nitrogen and oxygen atoms in total. The number of carboxylic acid groups (broad SMARTS) is 1. The predicted octanol–water partition coefficient (Wildman–Crippen LogP) is 4.68. The Bertz CT molecular complexity index is 1300. The average Bonchev–Trinajstić information content (AvgIpc) is 3.26. The molecule has 2 aliphatic rings. The van der Waals surface area contributed by atoms with Crippen LogP contribution in [-0.4, -0.2) is 67.9 Å².